The Labute approximate surface area is 128 Å². The van der Waals surface area contributed by atoms with Gasteiger partial charge in [-0.2, -0.15) is 0 Å². The summed E-state index contributed by atoms with van der Waals surface area (Å²) in [5.41, 5.74) is 1.78. The molecule has 21 heavy (non-hydrogen) atoms. The standard InChI is InChI=1S/C18H15NOS/c20-16(13-21-17-7-2-1-3-8-17)12-15-11-10-14-6-4-5-9-18(14)19-15/h1-11H,12-13H2. The van der Waals surface area contributed by atoms with E-state index in [9.17, 15) is 4.79 Å². The molecule has 1 aromatic heterocycles. The van der Waals surface area contributed by atoms with Crippen LogP contribution in [0.2, 0.25) is 0 Å². The molecular formula is C18H15NOS. The van der Waals surface area contributed by atoms with Crippen molar-refractivity contribution in [3.05, 3.63) is 72.4 Å². The Bertz CT molecular complexity index is 755. The van der Waals surface area contributed by atoms with Crippen LogP contribution in [0.3, 0.4) is 0 Å². The Kier molecular flexibility index (Phi) is 4.31. The first-order valence-electron chi connectivity index (χ1n) is 6.85. The third-order valence-electron chi connectivity index (χ3n) is 3.18. The van der Waals surface area contributed by atoms with Crippen LogP contribution < -0.4 is 0 Å². The van der Waals surface area contributed by atoms with Gasteiger partial charge in [-0.05, 0) is 24.3 Å². The number of benzene rings is 2. The summed E-state index contributed by atoms with van der Waals surface area (Å²) >= 11 is 1.57. The smallest absolute Gasteiger partial charge is 0.149 e. The zero-order chi connectivity index (χ0) is 14.5. The SMILES string of the molecule is O=C(CSc1ccccc1)Cc1ccc2ccccc2n1. The van der Waals surface area contributed by atoms with E-state index >= 15 is 0 Å². The molecule has 0 amide bonds. The highest BCUT2D eigenvalue weighted by atomic mass is 32.2. The van der Waals surface area contributed by atoms with Crippen molar-refractivity contribution < 1.29 is 4.79 Å². The molecule has 3 heteroatoms. The van der Waals surface area contributed by atoms with Crippen LogP contribution in [-0.4, -0.2) is 16.5 Å². The second kappa shape index (κ2) is 6.55. The fourth-order valence-electron chi connectivity index (χ4n) is 2.14. The van der Waals surface area contributed by atoms with Gasteiger partial charge in [0.1, 0.15) is 5.78 Å². The van der Waals surface area contributed by atoms with Crippen LogP contribution in [0.1, 0.15) is 5.69 Å². The summed E-state index contributed by atoms with van der Waals surface area (Å²) in [4.78, 5) is 17.7. The number of hydrogen-bond donors (Lipinski definition) is 0. The van der Waals surface area contributed by atoms with Gasteiger partial charge in [-0.1, -0.05) is 42.5 Å². The molecule has 0 saturated carbocycles. The topological polar surface area (TPSA) is 30.0 Å². The van der Waals surface area contributed by atoms with E-state index in [4.69, 9.17) is 0 Å². The third kappa shape index (κ3) is 3.70. The minimum absolute atomic E-state index is 0.201. The molecular weight excluding hydrogens is 278 g/mol. The van der Waals surface area contributed by atoms with Crippen molar-refractivity contribution >= 4 is 28.4 Å². The molecule has 2 nitrogen and oxygen atoms in total. The normalized spacial score (nSPS) is 10.7. The molecule has 0 saturated heterocycles. The average molecular weight is 293 g/mol. The first kappa shape index (κ1) is 13.8. The molecule has 0 N–H and O–H groups in total. The van der Waals surface area contributed by atoms with Gasteiger partial charge in [0.2, 0.25) is 0 Å². The average Bonchev–Trinajstić information content (AvgIpc) is 2.54. The maximum atomic E-state index is 12.1. The monoisotopic (exact) mass is 293 g/mol. The quantitative estimate of drug-likeness (QED) is 0.662. The highest BCUT2D eigenvalue weighted by Crippen LogP contribution is 2.18. The first-order valence-corrected chi connectivity index (χ1v) is 7.84. The summed E-state index contributed by atoms with van der Waals surface area (Å²) in [7, 11) is 0. The molecule has 3 rings (SSSR count). The number of nitrogens with zero attached hydrogens (tertiary/aromatic N) is 1. The highest BCUT2D eigenvalue weighted by Gasteiger charge is 2.06. The summed E-state index contributed by atoms with van der Waals surface area (Å²) in [6.45, 7) is 0. The predicted octanol–water partition coefficient (Wildman–Crippen LogP) is 4.14. The second-order valence-electron chi connectivity index (χ2n) is 4.81. The summed E-state index contributed by atoms with van der Waals surface area (Å²) < 4.78 is 0. The summed E-state index contributed by atoms with van der Waals surface area (Å²) in [5.74, 6) is 0.685. The predicted molar refractivity (Wildman–Crippen MR) is 87.6 cm³/mol. The molecule has 2 aromatic carbocycles. The number of pyridine rings is 1. The van der Waals surface area contributed by atoms with Crippen molar-refractivity contribution in [1.29, 1.82) is 0 Å². The number of ketones is 1. The van der Waals surface area contributed by atoms with Crippen molar-refractivity contribution in [2.24, 2.45) is 0 Å². The van der Waals surface area contributed by atoms with Gasteiger partial charge >= 0.3 is 0 Å². The number of fused-ring (bicyclic) bond motifs is 1. The second-order valence-corrected chi connectivity index (χ2v) is 5.86. The lowest BCUT2D eigenvalue weighted by Crippen LogP contribution is -2.07. The number of Topliss-reactive ketones (excluding diaryl/α,β-unsaturated/α-hetero) is 1. The number of para-hydroxylation sites is 1. The van der Waals surface area contributed by atoms with Crippen molar-refractivity contribution in [3.8, 4) is 0 Å². The molecule has 104 valence electrons. The third-order valence-corrected chi connectivity index (χ3v) is 4.25. The Morgan fingerprint density at radius 1 is 0.905 bits per heavy atom. The summed E-state index contributed by atoms with van der Waals surface area (Å²) in [6.07, 6.45) is 0.394. The minimum atomic E-state index is 0.201. The van der Waals surface area contributed by atoms with Crippen molar-refractivity contribution in [2.45, 2.75) is 11.3 Å². The van der Waals surface area contributed by atoms with Crippen LogP contribution in [-0.2, 0) is 11.2 Å². The fraction of sp³-hybridized carbons (Fsp3) is 0.111. The van der Waals surface area contributed by atoms with Crippen molar-refractivity contribution in [1.82, 2.24) is 4.98 Å². The van der Waals surface area contributed by atoms with E-state index in [0.717, 1.165) is 21.5 Å². The van der Waals surface area contributed by atoms with Gasteiger partial charge < -0.3 is 0 Å². The molecule has 0 bridgehead atoms. The minimum Gasteiger partial charge on any atom is -0.298 e. The van der Waals surface area contributed by atoms with Crippen LogP contribution in [0.25, 0.3) is 10.9 Å². The van der Waals surface area contributed by atoms with Gasteiger partial charge in [0.05, 0.1) is 11.3 Å². The Morgan fingerprint density at radius 2 is 1.67 bits per heavy atom. The molecule has 0 aliphatic carbocycles. The number of hydrogen-bond acceptors (Lipinski definition) is 3. The van der Waals surface area contributed by atoms with Crippen LogP contribution in [0.5, 0.6) is 0 Å². The molecule has 0 radical (unpaired) electrons. The zero-order valence-corrected chi connectivity index (χ0v) is 12.3. The molecule has 0 spiro atoms. The van der Waals surface area contributed by atoms with E-state index in [1.165, 1.54) is 0 Å². The lowest BCUT2D eigenvalue weighted by atomic mass is 10.1. The van der Waals surface area contributed by atoms with E-state index in [1.807, 2.05) is 66.7 Å². The van der Waals surface area contributed by atoms with Crippen LogP contribution in [0.4, 0.5) is 0 Å². The van der Waals surface area contributed by atoms with Crippen molar-refractivity contribution in [2.75, 3.05) is 5.75 Å². The Balaban J connectivity index is 1.63. The molecule has 0 atom stereocenters. The fourth-order valence-corrected chi connectivity index (χ4v) is 2.92. The molecule has 3 aromatic rings. The lowest BCUT2D eigenvalue weighted by molar-refractivity contribution is -0.116. The number of aromatic nitrogens is 1. The van der Waals surface area contributed by atoms with Crippen LogP contribution in [0.15, 0.2) is 71.6 Å². The molecule has 1 heterocycles. The molecule has 0 aliphatic rings. The summed E-state index contributed by atoms with van der Waals surface area (Å²) in [6, 6.07) is 21.9. The molecule has 0 unspecified atom stereocenters. The number of carbonyl (C=O) groups excluding carboxylic acids is 1. The molecule has 0 fully saturated rings. The molecule has 0 aliphatic heterocycles. The van der Waals surface area contributed by atoms with E-state index in [-0.39, 0.29) is 5.78 Å². The first-order chi connectivity index (χ1) is 10.3. The van der Waals surface area contributed by atoms with E-state index < -0.39 is 0 Å². The Morgan fingerprint density at radius 3 is 2.52 bits per heavy atom. The lowest BCUT2D eigenvalue weighted by Gasteiger charge is -2.03. The van der Waals surface area contributed by atoms with E-state index in [0.29, 0.717) is 12.2 Å². The number of rotatable bonds is 5. The largest absolute Gasteiger partial charge is 0.298 e. The Hall–Kier alpha value is -2.13. The van der Waals surface area contributed by atoms with E-state index in [1.54, 1.807) is 11.8 Å². The zero-order valence-electron chi connectivity index (χ0n) is 11.5. The number of thioether (sulfide) groups is 1. The van der Waals surface area contributed by atoms with Gasteiger partial charge in [0.25, 0.3) is 0 Å². The maximum absolute atomic E-state index is 12.1. The highest BCUT2D eigenvalue weighted by molar-refractivity contribution is 8.00. The summed E-state index contributed by atoms with van der Waals surface area (Å²) in [5, 5.41) is 1.10. The number of carbonyl (C=O) groups is 1. The van der Waals surface area contributed by atoms with Gasteiger partial charge in [0.15, 0.2) is 0 Å². The van der Waals surface area contributed by atoms with Gasteiger partial charge in [-0.25, -0.2) is 0 Å². The van der Waals surface area contributed by atoms with Gasteiger partial charge in [-0.3, -0.25) is 9.78 Å². The van der Waals surface area contributed by atoms with Gasteiger partial charge in [-0.15, -0.1) is 11.8 Å². The van der Waals surface area contributed by atoms with Crippen molar-refractivity contribution in [3.63, 3.8) is 0 Å². The maximum Gasteiger partial charge on any atom is 0.149 e. The van der Waals surface area contributed by atoms with Crippen LogP contribution in [0, 0.1) is 0 Å². The van der Waals surface area contributed by atoms with Crippen LogP contribution >= 0.6 is 11.8 Å². The van der Waals surface area contributed by atoms with E-state index in [2.05, 4.69) is 4.98 Å². The van der Waals surface area contributed by atoms with Gasteiger partial charge in [0, 0.05) is 22.4 Å².